The van der Waals surface area contributed by atoms with Crippen molar-refractivity contribution in [3.8, 4) is 0 Å². The summed E-state index contributed by atoms with van der Waals surface area (Å²) in [6, 6.07) is 1.77. The van der Waals surface area contributed by atoms with Gasteiger partial charge < -0.3 is 4.90 Å². The number of imide groups is 1. The zero-order valence-corrected chi connectivity index (χ0v) is 10.5. The zero-order chi connectivity index (χ0) is 13.3. The molecule has 0 unspecified atom stereocenters. The lowest BCUT2D eigenvalue weighted by molar-refractivity contribution is -0.124. The summed E-state index contributed by atoms with van der Waals surface area (Å²) < 4.78 is 0. The van der Waals surface area contributed by atoms with Crippen LogP contribution in [-0.4, -0.2) is 35.9 Å². The highest BCUT2D eigenvalue weighted by Crippen LogP contribution is 2.15. The van der Waals surface area contributed by atoms with E-state index in [1.165, 1.54) is 0 Å². The van der Waals surface area contributed by atoms with Gasteiger partial charge in [-0.2, -0.15) is 0 Å². The molecule has 1 saturated heterocycles. The molecule has 0 aromatic carbocycles. The van der Waals surface area contributed by atoms with E-state index in [-0.39, 0.29) is 18.2 Å². The van der Waals surface area contributed by atoms with Crippen LogP contribution in [0.2, 0.25) is 0 Å². The molecule has 0 aliphatic carbocycles. The molecular formula is C12H14N4O2. The Bertz CT molecular complexity index is 549. The third-order valence-corrected chi connectivity index (χ3v) is 2.48. The van der Waals surface area contributed by atoms with E-state index in [2.05, 4.69) is 15.3 Å². The Labute approximate surface area is 105 Å². The van der Waals surface area contributed by atoms with Gasteiger partial charge in [0.15, 0.2) is 0 Å². The van der Waals surface area contributed by atoms with Gasteiger partial charge in [0.05, 0.1) is 12.1 Å². The summed E-state index contributed by atoms with van der Waals surface area (Å²) in [5.41, 5.74) is 1.87. The van der Waals surface area contributed by atoms with E-state index in [1.54, 1.807) is 17.0 Å². The molecule has 2 rings (SSSR count). The lowest BCUT2D eigenvalue weighted by Gasteiger charge is -2.11. The van der Waals surface area contributed by atoms with Crippen LogP contribution in [0.3, 0.4) is 0 Å². The van der Waals surface area contributed by atoms with Gasteiger partial charge in [-0.3, -0.25) is 14.9 Å². The Morgan fingerprint density at radius 1 is 1.33 bits per heavy atom. The van der Waals surface area contributed by atoms with Gasteiger partial charge in [-0.1, -0.05) is 0 Å². The van der Waals surface area contributed by atoms with Crippen molar-refractivity contribution in [1.82, 2.24) is 15.3 Å². The van der Waals surface area contributed by atoms with Gasteiger partial charge in [0.25, 0.3) is 5.91 Å². The summed E-state index contributed by atoms with van der Waals surface area (Å²) in [7, 11) is 3.69. The fraction of sp³-hybridized carbons (Fsp3) is 0.333. The summed E-state index contributed by atoms with van der Waals surface area (Å²) >= 11 is 0. The zero-order valence-electron chi connectivity index (χ0n) is 10.5. The molecule has 94 valence electrons. The van der Waals surface area contributed by atoms with E-state index in [0.29, 0.717) is 17.2 Å². The van der Waals surface area contributed by atoms with Crippen LogP contribution in [0.4, 0.5) is 5.95 Å². The molecule has 1 N–H and O–H groups in total. The SMILES string of the molecule is Cc1cc(/C=C2\CC(=O)NC2=O)nc(N(C)C)n1. The fourth-order valence-corrected chi connectivity index (χ4v) is 1.65. The number of carbonyl (C=O) groups excluding carboxylic acids is 2. The second kappa shape index (κ2) is 4.56. The number of carbonyl (C=O) groups is 2. The summed E-state index contributed by atoms with van der Waals surface area (Å²) in [6.07, 6.45) is 1.74. The van der Waals surface area contributed by atoms with Crippen molar-refractivity contribution in [2.75, 3.05) is 19.0 Å². The monoisotopic (exact) mass is 246 g/mol. The van der Waals surface area contributed by atoms with Crippen LogP contribution in [0.1, 0.15) is 17.8 Å². The number of anilines is 1. The van der Waals surface area contributed by atoms with Crippen molar-refractivity contribution in [1.29, 1.82) is 0 Å². The van der Waals surface area contributed by atoms with Crippen molar-refractivity contribution < 1.29 is 9.59 Å². The highest BCUT2D eigenvalue weighted by Gasteiger charge is 2.23. The van der Waals surface area contributed by atoms with Gasteiger partial charge in [-0.05, 0) is 19.1 Å². The molecule has 2 amide bonds. The van der Waals surface area contributed by atoms with Crippen LogP contribution >= 0.6 is 0 Å². The molecule has 1 aromatic rings. The maximum atomic E-state index is 11.4. The van der Waals surface area contributed by atoms with Gasteiger partial charge in [-0.25, -0.2) is 9.97 Å². The molecular weight excluding hydrogens is 232 g/mol. The summed E-state index contributed by atoms with van der Waals surface area (Å²) in [4.78, 5) is 32.9. The van der Waals surface area contributed by atoms with Crippen molar-refractivity contribution >= 4 is 23.8 Å². The van der Waals surface area contributed by atoms with Gasteiger partial charge in [0, 0.05) is 25.4 Å². The number of amides is 2. The Hall–Kier alpha value is -2.24. The predicted molar refractivity (Wildman–Crippen MR) is 66.8 cm³/mol. The Morgan fingerprint density at radius 3 is 2.61 bits per heavy atom. The molecule has 0 radical (unpaired) electrons. The molecule has 1 aliphatic heterocycles. The molecule has 0 spiro atoms. The minimum Gasteiger partial charge on any atom is -0.347 e. The Kier molecular flexibility index (Phi) is 3.10. The van der Waals surface area contributed by atoms with Crippen molar-refractivity contribution in [2.45, 2.75) is 13.3 Å². The molecule has 18 heavy (non-hydrogen) atoms. The average molecular weight is 246 g/mol. The van der Waals surface area contributed by atoms with Crippen molar-refractivity contribution in [2.24, 2.45) is 0 Å². The van der Waals surface area contributed by atoms with Crippen LogP contribution < -0.4 is 10.2 Å². The Balaban J connectivity index is 2.37. The first-order valence-electron chi connectivity index (χ1n) is 5.53. The van der Waals surface area contributed by atoms with Crippen LogP contribution in [0.5, 0.6) is 0 Å². The van der Waals surface area contributed by atoms with Gasteiger partial charge >= 0.3 is 0 Å². The molecule has 0 atom stereocenters. The summed E-state index contributed by atoms with van der Waals surface area (Å²) in [6.45, 7) is 1.86. The number of hydrogen-bond acceptors (Lipinski definition) is 5. The Morgan fingerprint density at radius 2 is 2.06 bits per heavy atom. The lowest BCUT2D eigenvalue weighted by atomic mass is 10.2. The number of nitrogens with one attached hydrogen (secondary N) is 1. The number of rotatable bonds is 2. The van der Waals surface area contributed by atoms with Gasteiger partial charge in [-0.15, -0.1) is 0 Å². The molecule has 0 bridgehead atoms. The molecule has 1 fully saturated rings. The quantitative estimate of drug-likeness (QED) is 0.599. The van der Waals surface area contributed by atoms with Crippen LogP contribution in [0.15, 0.2) is 11.6 Å². The van der Waals surface area contributed by atoms with Crippen LogP contribution in [-0.2, 0) is 9.59 Å². The normalized spacial score (nSPS) is 17.2. The fourth-order valence-electron chi connectivity index (χ4n) is 1.65. The molecule has 1 aliphatic rings. The number of nitrogens with zero attached hydrogens (tertiary/aromatic N) is 3. The first kappa shape index (κ1) is 12.2. The molecule has 6 heteroatoms. The van der Waals surface area contributed by atoms with E-state index in [1.807, 2.05) is 21.0 Å². The summed E-state index contributed by atoms with van der Waals surface area (Å²) in [5, 5.41) is 2.24. The molecule has 2 heterocycles. The lowest BCUT2D eigenvalue weighted by Crippen LogP contribution is -2.19. The van der Waals surface area contributed by atoms with E-state index in [0.717, 1.165) is 5.69 Å². The second-order valence-corrected chi connectivity index (χ2v) is 4.35. The minimum absolute atomic E-state index is 0.110. The van der Waals surface area contributed by atoms with Crippen molar-refractivity contribution in [3.05, 3.63) is 23.0 Å². The maximum Gasteiger partial charge on any atom is 0.254 e. The van der Waals surface area contributed by atoms with Gasteiger partial charge in [0.1, 0.15) is 0 Å². The van der Waals surface area contributed by atoms with Crippen LogP contribution in [0.25, 0.3) is 6.08 Å². The molecule has 6 nitrogen and oxygen atoms in total. The smallest absolute Gasteiger partial charge is 0.254 e. The minimum atomic E-state index is -0.345. The third kappa shape index (κ3) is 2.53. The molecule has 0 saturated carbocycles. The van der Waals surface area contributed by atoms with E-state index < -0.39 is 0 Å². The van der Waals surface area contributed by atoms with Crippen molar-refractivity contribution in [3.63, 3.8) is 0 Å². The van der Waals surface area contributed by atoms with E-state index in [9.17, 15) is 9.59 Å². The predicted octanol–water partition coefficient (Wildman–Crippen LogP) is 0.281. The first-order valence-corrected chi connectivity index (χ1v) is 5.53. The number of hydrogen-bond donors (Lipinski definition) is 1. The second-order valence-electron chi connectivity index (χ2n) is 4.35. The first-order chi connectivity index (χ1) is 8.45. The topological polar surface area (TPSA) is 75.2 Å². The van der Waals surface area contributed by atoms with E-state index in [4.69, 9.17) is 0 Å². The maximum absolute atomic E-state index is 11.4. The van der Waals surface area contributed by atoms with Crippen LogP contribution in [0, 0.1) is 6.92 Å². The average Bonchev–Trinajstić information content (AvgIpc) is 2.56. The number of aromatic nitrogens is 2. The highest BCUT2D eigenvalue weighted by atomic mass is 16.2. The highest BCUT2D eigenvalue weighted by molar-refractivity contribution is 6.15. The standard InChI is InChI=1S/C12H14N4O2/c1-7-4-9(14-12(13-7)16(2)3)5-8-6-10(17)15-11(8)18/h4-5H,6H2,1-3H3,(H,15,17,18)/b8-5+. The number of aryl methyl sites for hydroxylation is 1. The molecule has 1 aromatic heterocycles. The van der Waals surface area contributed by atoms with Gasteiger partial charge in [0.2, 0.25) is 11.9 Å². The summed E-state index contributed by atoms with van der Waals surface area (Å²) in [5.74, 6) is -0.0425. The third-order valence-electron chi connectivity index (χ3n) is 2.48. The largest absolute Gasteiger partial charge is 0.347 e. The van der Waals surface area contributed by atoms with E-state index >= 15 is 0 Å².